The Morgan fingerprint density at radius 3 is 2.95 bits per heavy atom. The number of nitrogens with zero attached hydrogens (tertiary/aromatic N) is 4. The molecule has 0 unspecified atom stereocenters. The van der Waals surface area contributed by atoms with Gasteiger partial charge in [-0.1, -0.05) is 5.16 Å². The van der Waals surface area contributed by atoms with Crippen molar-refractivity contribution in [3.05, 3.63) is 22.6 Å². The first-order valence-electron chi connectivity index (χ1n) is 5.97. The molecule has 0 aliphatic rings. The van der Waals surface area contributed by atoms with Gasteiger partial charge in [-0.15, -0.1) is 11.3 Å². The second-order valence-corrected chi connectivity index (χ2v) is 6.61. The maximum absolute atomic E-state index is 10.8. The molecule has 0 radical (unpaired) electrons. The van der Waals surface area contributed by atoms with Gasteiger partial charge in [0.2, 0.25) is 0 Å². The molecule has 0 bridgehead atoms. The second-order valence-electron chi connectivity index (χ2n) is 4.29. The van der Waals surface area contributed by atoms with Crippen molar-refractivity contribution in [2.45, 2.75) is 29.6 Å². The zero-order chi connectivity index (χ0) is 15.0. The van der Waals surface area contributed by atoms with Gasteiger partial charge in [-0.25, -0.2) is 9.97 Å². The summed E-state index contributed by atoms with van der Waals surface area (Å²) < 4.78 is 5.84. The lowest BCUT2D eigenvalue weighted by Crippen LogP contribution is -1.99. The van der Waals surface area contributed by atoms with Crippen molar-refractivity contribution in [1.29, 1.82) is 0 Å². The van der Waals surface area contributed by atoms with Gasteiger partial charge in [-0.3, -0.25) is 4.79 Å². The molecule has 0 saturated heterocycles. The number of aliphatic carboxylic acids is 1. The summed E-state index contributed by atoms with van der Waals surface area (Å²) in [6, 6.07) is 0. The molecule has 1 N–H and O–H groups in total. The molecule has 3 rings (SSSR count). The highest BCUT2D eigenvalue weighted by molar-refractivity contribution is 8.01. The third-order valence-electron chi connectivity index (χ3n) is 2.78. The Bertz CT molecular complexity index is 827. The molecule has 7 nitrogen and oxygen atoms in total. The maximum atomic E-state index is 10.8. The Morgan fingerprint density at radius 1 is 1.38 bits per heavy atom. The topological polar surface area (TPSA) is 102 Å². The van der Waals surface area contributed by atoms with Gasteiger partial charge in [0.15, 0.2) is 4.34 Å². The predicted molar refractivity (Wildman–Crippen MR) is 76.6 cm³/mol. The quantitative estimate of drug-likeness (QED) is 0.731. The van der Waals surface area contributed by atoms with Crippen molar-refractivity contribution in [2.75, 3.05) is 0 Å². The smallest absolute Gasteiger partial charge is 0.308 e. The molecule has 0 aliphatic heterocycles. The minimum Gasteiger partial charge on any atom is -0.481 e. The summed E-state index contributed by atoms with van der Waals surface area (Å²) in [5.41, 5.74) is 1.88. The van der Waals surface area contributed by atoms with Crippen molar-refractivity contribution in [3.63, 3.8) is 0 Å². The van der Waals surface area contributed by atoms with Crippen molar-refractivity contribution in [2.24, 2.45) is 0 Å². The summed E-state index contributed by atoms with van der Waals surface area (Å²) >= 11 is 2.72. The number of carboxylic acids is 1. The first-order chi connectivity index (χ1) is 10.0. The summed E-state index contributed by atoms with van der Waals surface area (Å²) in [5.74, 6) is -0.863. The Morgan fingerprint density at radius 2 is 2.19 bits per heavy atom. The minimum absolute atomic E-state index is 0.0183. The molecular formula is C12H10N4O3S2. The van der Waals surface area contributed by atoms with Crippen LogP contribution in [0.15, 0.2) is 20.2 Å². The number of aryl methyl sites for hydroxylation is 2. The van der Waals surface area contributed by atoms with E-state index in [0.717, 1.165) is 20.3 Å². The van der Waals surface area contributed by atoms with Crippen LogP contribution >= 0.6 is 23.1 Å². The normalized spacial score (nSPS) is 11.1. The molecule has 21 heavy (non-hydrogen) atoms. The Hall–Kier alpha value is -2.00. The molecular weight excluding hydrogens is 312 g/mol. The number of thiazole rings is 1. The number of carboxylic acid groups (broad SMARTS) is 1. The van der Waals surface area contributed by atoms with Gasteiger partial charge >= 0.3 is 5.97 Å². The van der Waals surface area contributed by atoms with Crippen molar-refractivity contribution < 1.29 is 14.4 Å². The van der Waals surface area contributed by atoms with E-state index in [9.17, 15) is 4.79 Å². The molecule has 0 aromatic carbocycles. The fourth-order valence-electron chi connectivity index (χ4n) is 1.80. The molecule has 3 aromatic rings. The van der Waals surface area contributed by atoms with Crippen molar-refractivity contribution in [3.8, 4) is 0 Å². The molecule has 3 heterocycles. The molecule has 3 aromatic heterocycles. The van der Waals surface area contributed by atoms with Crippen LogP contribution in [0.5, 0.6) is 0 Å². The molecule has 0 amide bonds. The van der Waals surface area contributed by atoms with Gasteiger partial charge in [0.1, 0.15) is 11.4 Å². The van der Waals surface area contributed by atoms with Crippen LogP contribution in [-0.4, -0.2) is 31.2 Å². The van der Waals surface area contributed by atoms with E-state index in [4.69, 9.17) is 9.63 Å². The molecule has 0 atom stereocenters. The van der Waals surface area contributed by atoms with Crippen LogP contribution in [0.3, 0.4) is 0 Å². The van der Waals surface area contributed by atoms with Gasteiger partial charge in [0.05, 0.1) is 23.2 Å². The minimum atomic E-state index is -0.863. The number of carbonyl (C=O) groups is 1. The fraction of sp³-hybridized carbons (Fsp3) is 0.250. The summed E-state index contributed by atoms with van der Waals surface area (Å²) in [5, 5.41) is 14.2. The van der Waals surface area contributed by atoms with E-state index >= 15 is 0 Å². The molecule has 0 saturated carbocycles. The van der Waals surface area contributed by atoms with Crippen LogP contribution in [0.1, 0.15) is 16.3 Å². The average Bonchev–Trinajstić information content (AvgIpc) is 2.95. The Kier molecular flexibility index (Phi) is 3.60. The van der Waals surface area contributed by atoms with E-state index in [0.29, 0.717) is 16.4 Å². The maximum Gasteiger partial charge on any atom is 0.308 e. The second kappa shape index (κ2) is 5.41. The summed E-state index contributed by atoms with van der Waals surface area (Å²) in [6.07, 6.45) is 1.39. The number of rotatable bonds is 4. The molecule has 0 fully saturated rings. The van der Waals surface area contributed by atoms with Crippen LogP contribution in [0, 0.1) is 13.8 Å². The average molecular weight is 322 g/mol. The van der Waals surface area contributed by atoms with Gasteiger partial charge in [0, 0.05) is 4.88 Å². The highest BCUT2D eigenvalue weighted by Gasteiger charge is 2.16. The fourth-order valence-corrected chi connectivity index (χ4v) is 4.07. The van der Waals surface area contributed by atoms with Crippen LogP contribution in [0.4, 0.5) is 0 Å². The van der Waals surface area contributed by atoms with E-state index in [1.54, 1.807) is 6.92 Å². The standard InChI is InChI=1S/C12H10N4O3S2/c1-5-7(3-8(17)18)20-12(15-5)21-11-9-6(2)16-19-10(9)13-4-14-11/h4H,3H2,1-2H3,(H,17,18). The Labute approximate surface area is 127 Å². The lowest BCUT2D eigenvalue weighted by Gasteiger charge is -1.97. The van der Waals surface area contributed by atoms with E-state index in [2.05, 4.69) is 20.1 Å². The number of hydrogen-bond donors (Lipinski definition) is 1. The molecule has 108 valence electrons. The molecule has 9 heteroatoms. The van der Waals surface area contributed by atoms with Gasteiger partial charge in [0.25, 0.3) is 5.71 Å². The SMILES string of the molecule is Cc1nc(Sc2ncnc3onc(C)c23)sc1CC(=O)O. The van der Waals surface area contributed by atoms with Crippen LogP contribution in [0.25, 0.3) is 11.1 Å². The van der Waals surface area contributed by atoms with Crippen LogP contribution < -0.4 is 0 Å². The van der Waals surface area contributed by atoms with Crippen LogP contribution in [0.2, 0.25) is 0 Å². The number of fused-ring (bicyclic) bond motifs is 1. The van der Waals surface area contributed by atoms with Gasteiger partial charge in [-0.05, 0) is 25.6 Å². The Balaban J connectivity index is 1.95. The summed E-state index contributed by atoms with van der Waals surface area (Å²) in [7, 11) is 0. The van der Waals surface area contributed by atoms with Gasteiger partial charge < -0.3 is 9.63 Å². The predicted octanol–water partition coefficient (Wildman–Crippen LogP) is 2.47. The molecule has 0 aliphatic carbocycles. The zero-order valence-electron chi connectivity index (χ0n) is 11.2. The highest BCUT2D eigenvalue weighted by Crippen LogP contribution is 2.36. The number of aromatic nitrogens is 4. The van der Waals surface area contributed by atoms with E-state index in [1.165, 1.54) is 29.4 Å². The van der Waals surface area contributed by atoms with Crippen molar-refractivity contribution >= 4 is 40.2 Å². The first kappa shape index (κ1) is 14.0. The molecule has 0 spiro atoms. The zero-order valence-corrected chi connectivity index (χ0v) is 12.8. The van der Waals surface area contributed by atoms with E-state index in [1.807, 2.05) is 6.92 Å². The largest absolute Gasteiger partial charge is 0.481 e. The van der Waals surface area contributed by atoms with Gasteiger partial charge in [-0.2, -0.15) is 4.98 Å². The van der Waals surface area contributed by atoms with Crippen molar-refractivity contribution in [1.82, 2.24) is 20.1 Å². The third kappa shape index (κ3) is 2.74. The van der Waals surface area contributed by atoms with E-state index < -0.39 is 5.97 Å². The highest BCUT2D eigenvalue weighted by atomic mass is 32.2. The van der Waals surface area contributed by atoms with Crippen LogP contribution in [-0.2, 0) is 11.2 Å². The summed E-state index contributed by atoms with van der Waals surface area (Å²) in [6.45, 7) is 3.63. The number of hydrogen-bond acceptors (Lipinski definition) is 8. The lowest BCUT2D eigenvalue weighted by molar-refractivity contribution is -0.136. The lowest BCUT2D eigenvalue weighted by atomic mass is 10.3. The first-order valence-corrected chi connectivity index (χ1v) is 7.61. The van der Waals surface area contributed by atoms with E-state index in [-0.39, 0.29) is 6.42 Å². The monoisotopic (exact) mass is 322 g/mol. The third-order valence-corrected chi connectivity index (χ3v) is 5.00. The summed E-state index contributed by atoms with van der Waals surface area (Å²) in [4.78, 5) is 24.2.